The molecule has 1 aliphatic rings. The Hall–Kier alpha value is -1.33. The lowest BCUT2D eigenvalue weighted by Crippen LogP contribution is -2.30. The van der Waals surface area contributed by atoms with Gasteiger partial charge < -0.3 is 4.90 Å². The van der Waals surface area contributed by atoms with E-state index in [1.165, 1.54) is 0 Å². The van der Waals surface area contributed by atoms with Gasteiger partial charge in [-0.05, 0) is 30.3 Å². The van der Waals surface area contributed by atoms with Crippen molar-refractivity contribution >= 4 is 33.6 Å². The van der Waals surface area contributed by atoms with E-state index in [1.807, 2.05) is 47.5 Å². The summed E-state index contributed by atoms with van der Waals surface area (Å²) in [7, 11) is 0. The lowest BCUT2D eigenvalue weighted by molar-refractivity contribution is 0.0760. The second-order valence-electron chi connectivity index (χ2n) is 4.51. The Labute approximate surface area is 130 Å². The SMILES string of the molecule is O=C(c1ccc(Br)cc1)N1CCSC1c1cccnc1. The van der Waals surface area contributed by atoms with Crippen LogP contribution in [0.25, 0.3) is 0 Å². The van der Waals surface area contributed by atoms with E-state index in [4.69, 9.17) is 0 Å². The molecule has 1 fully saturated rings. The minimum absolute atomic E-state index is 0.0693. The van der Waals surface area contributed by atoms with Gasteiger partial charge in [0, 0.05) is 40.3 Å². The predicted molar refractivity (Wildman–Crippen MR) is 84.6 cm³/mol. The maximum atomic E-state index is 12.6. The van der Waals surface area contributed by atoms with Crippen molar-refractivity contribution in [3.05, 3.63) is 64.4 Å². The Morgan fingerprint density at radius 1 is 1.30 bits per heavy atom. The van der Waals surface area contributed by atoms with Gasteiger partial charge in [0.25, 0.3) is 5.91 Å². The molecule has 5 heteroatoms. The first-order chi connectivity index (χ1) is 9.75. The van der Waals surface area contributed by atoms with E-state index in [0.717, 1.165) is 27.9 Å². The molecule has 0 spiro atoms. The average molecular weight is 349 g/mol. The lowest BCUT2D eigenvalue weighted by Gasteiger charge is -2.24. The minimum atomic E-state index is 0.0693. The third kappa shape index (κ3) is 2.74. The van der Waals surface area contributed by atoms with E-state index in [2.05, 4.69) is 20.9 Å². The van der Waals surface area contributed by atoms with Gasteiger partial charge in [0.1, 0.15) is 5.37 Å². The first-order valence-corrected chi connectivity index (χ1v) is 8.18. The van der Waals surface area contributed by atoms with E-state index < -0.39 is 0 Å². The molecule has 0 bridgehead atoms. The van der Waals surface area contributed by atoms with Crippen LogP contribution in [-0.2, 0) is 0 Å². The number of rotatable bonds is 2. The first kappa shape index (κ1) is 13.6. The highest BCUT2D eigenvalue weighted by atomic mass is 79.9. The van der Waals surface area contributed by atoms with Crippen molar-refractivity contribution in [3.8, 4) is 0 Å². The standard InChI is InChI=1S/C15H13BrN2OS/c16-13-5-3-11(4-6-13)14(19)18-8-9-20-15(18)12-2-1-7-17-10-12/h1-7,10,15H,8-9H2. The number of amides is 1. The summed E-state index contributed by atoms with van der Waals surface area (Å²) in [4.78, 5) is 18.7. The molecule has 0 radical (unpaired) electrons. The number of benzene rings is 1. The topological polar surface area (TPSA) is 33.2 Å². The predicted octanol–water partition coefficient (Wildman–Crippen LogP) is 3.73. The number of halogens is 1. The van der Waals surface area contributed by atoms with Gasteiger partial charge in [-0.2, -0.15) is 0 Å². The van der Waals surface area contributed by atoms with Crippen molar-refractivity contribution in [1.29, 1.82) is 0 Å². The van der Waals surface area contributed by atoms with Crippen molar-refractivity contribution in [3.63, 3.8) is 0 Å². The highest BCUT2D eigenvalue weighted by Crippen LogP contribution is 2.38. The van der Waals surface area contributed by atoms with Gasteiger partial charge in [-0.15, -0.1) is 11.8 Å². The largest absolute Gasteiger partial charge is 0.322 e. The normalized spacial score (nSPS) is 18.2. The molecule has 1 aromatic heterocycles. The molecule has 1 saturated heterocycles. The van der Waals surface area contributed by atoms with E-state index in [-0.39, 0.29) is 11.3 Å². The summed E-state index contributed by atoms with van der Waals surface area (Å²) >= 11 is 5.17. The highest BCUT2D eigenvalue weighted by Gasteiger charge is 2.31. The van der Waals surface area contributed by atoms with Crippen LogP contribution in [0.5, 0.6) is 0 Å². The highest BCUT2D eigenvalue weighted by molar-refractivity contribution is 9.10. The average Bonchev–Trinajstić information content (AvgIpc) is 2.97. The van der Waals surface area contributed by atoms with Gasteiger partial charge in [0.2, 0.25) is 0 Å². The Kier molecular flexibility index (Phi) is 4.08. The fraction of sp³-hybridized carbons (Fsp3) is 0.200. The van der Waals surface area contributed by atoms with Crippen LogP contribution in [0.1, 0.15) is 21.3 Å². The van der Waals surface area contributed by atoms with Crippen LogP contribution in [0, 0.1) is 0 Å². The van der Waals surface area contributed by atoms with Crippen LogP contribution in [0.3, 0.4) is 0 Å². The second kappa shape index (κ2) is 5.97. The molecule has 0 saturated carbocycles. The summed E-state index contributed by atoms with van der Waals surface area (Å²) in [6.45, 7) is 0.777. The molecule has 102 valence electrons. The molecule has 2 heterocycles. The molecule has 1 aliphatic heterocycles. The van der Waals surface area contributed by atoms with E-state index in [9.17, 15) is 4.79 Å². The summed E-state index contributed by atoms with van der Waals surface area (Å²) in [5, 5.41) is 0.0693. The van der Waals surface area contributed by atoms with Gasteiger partial charge in [-0.3, -0.25) is 9.78 Å². The van der Waals surface area contributed by atoms with E-state index in [0.29, 0.717) is 0 Å². The summed E-state index contributed by atoms with van der Waals surface area (Å²) in [6, 6.07) is 11.4. The first-order valence-electron chi connectivity index (χ1n) is 6.34. The smallest absolute Gasteiger partial charge is 0.255 e. The summed E-state index contributed by atoms with van der Waals surface area (Å²) in [5.41, 5.74) is 1.81. The monoisotopic (exact) mass is 348 g/mol. The molecule has 0 N–H and O–H groups in total. The van der Waals surface area contributed by atoms with Crippen LogP contribution < -0.4 is 0 Å². The van der Waals surface area contributed by atoms with Crippen LogP contribution in [-0.4, -0.2) is 28.1 Å². The number of thioether (sulfide) groups is 1. The molecule has 1 amide bonds. The molecule has 1 unspecified atom stereocenters. The van der Waals surface area contributed by atoms with Crippen LogP contribution >= 0.6 is 27.7 Å². The van der Waals surface area contributed by atoms with Crippen molar-refractivity contribution in [1.82, 2.24) is 9.88 Å². The molecule has 1 atom stereocenters. The van der Waals surface area contributed by atoms with Crippen molar-refractivity contribution < 1.29 is 4.79 Å². The number of pyridine rings is 1. The molecule has 0 aliphatic carbocycles. The zero-order chi connectivity index (χ0) is 13.9. The van der Waals surface area contributed by atoms with Gasteiger partial charge in [-0.25, -0.2) is 0 Å². The van der Waals surface area contributed by atoms with Crippen LogP contribution in [0.15, 0.2) is 53.3 Å². The van der Waals surface area contributed by atoms with Crippen LogP contribution in [0.2, 0.25) is 0 Å². The van der Waals surface area contributed by atoms with Crippen molar-refractivity contribution in [2.24, 2.45) is 0 Å². The number of hydrogen-bond acceptors (Lipinski definition) is 3. The number of nitrogens with zero attached hydrogens (tertiary/aromatic N) is 2. The van der Waals surface area contributed by atoms with Gasteiger partial charge in [-0.1, -0.05) is 22.0 Å². The molecular weight excluding hydrogens is 336 g/mol. The lowest BCUT2D eigenvalue weighted by atomic mass is 10.2. The second-order valence-corrected chi connectivity index (χ2v) is 6.62. The van der Waals surface area contributed by atoms with Gasteiger partial charge >= 0.3 is 0 Å². The number of carbonyl (C=O) groups excluding carboxylic acids is 1. The maximum absolute atomic E-state index is 12.6. The Morgan fingerprint density at radius 2 is 2.10 bits per heavy atom. The van der Waals surface area contributed by atoms with Crippen LogP contribution in [0.4, 0.5) is 0 Å². The molecule has 1 aromatic carbocycles. The summed E-state index contributed by atoms with van der Waals surface area (Å²) < 4.78 is 0.980. The Balaban J connectivity index is 1.85. The zero-order valence-electron chi connectivity index (χ0n) is 10.7. The number of carbonyl (C=O) groups is 1. The number of aromatic nitrogens is 1. The Bertz CT molecular complexity index is 603. The van der Waals surface area contributed by atoms with E-state index in [1.54, 1.807) is 18.0 Å². The fourth-order valence-corrected chi connectivity index (χ4v) is 3.74. The third-order valence-corrected chi connectivity index (χ3v) is 5.00. The van der Waals surface area contributed by atoms with Crippen molar-refractivity contribution in [2.75, 3.05) is 12.3 Å². The molecule has 3 nitrogen and oxygen atoms in total. The molecule has 3 rings (SSSR count). The molecule has 20 heavy (non-hydrogen) atoms. The molecular formula is C15H13BrN2OS. The zero-order valence-corrected chi connectivity index (χ0v) is 13.1. The summed E-state index contributed by atoms with van der Waals surface area (Å²) in [6.07, 6.45) is 3.59. The quantitative estimate of drug-likeness (QED) is 0.828. The van der Waals surface area contributed by atoms with Crippen molar-refractivity contribution in [2.45, 2.75) is 5.37 Å². The number of hydrogen-bond donors (Lipinski definition) is 0. The Morgan fingerprint density at radius 3 is 2.80 bits per heavy atom. The molecule has 2 aromatic rings. The van der Waals surface area contributed by atoms with E-state index >= 15 is 0 Å². The fourth-order valence-electron chi connectivity index (χ4n) is 2.23. The van der Waals surface area contributed by atoms with Gasteiger partial charge in [0.15, 0.2) is 0 Å². The maximum Gasteiger partial charge on any atom is 0.255 e. The summed E-state index contributed by atoms with van der Waals surface area (Å²) in [5.74, 6) is 1.04. The van der Waals surface area contributed by atoms with Gasteiger partial charge in [0.05, 0.1) is 0 Å². The minimum Gasteiger partial charge on any atom is -0.322 e. The third-order valence-electron chi connectivity index (χ3n) is 3.21.